The highest BCUT2D eigenvalue weighted by Gasteiger charge is 2.69. The van der Waals surface area contributed by atoms with Crippen LogP contribution in [0.15, 0.2) is 42.7 Å². The summed E-state index contributed by atoms with van der Waals surface area (Å²) in [5, 5.41) is 13.9. The van der Waals surface area contributed by atoms with E-state index in [-0.39, 0.29) is 11.8 Å². The van der Waals surface area contributed by atoms with Crippen LogP contribution >= 0.6 is 0 Å². The molecule has 3 rings (SSSR count). The van der Waals surface area contributed by atoms with E-state index in [2.05, 4.69) is 5.10 Å². The molecule has 4 heteroatoms. The lowest BCUT2D eigenvalue weighted by atomic mass is 9.95. The summed E-state index contributed by atoms with van der Waals surface area (Å²) in [6.07, 6.45) is 4.35. The number of hydrogen-bond donors (Lipinski definition) is 1. The summed E-state index contributed by atoms with van der Waals surface area (Å²) in [5.41, 5.74) is 1.43. The Hall–Kier alpha value is -2.10. The van der Waals surface area contributed by atoms with Gasteiger partial charge in [-0.2, -0.15) is 5.10 Å². The third kappa shape index (κ3) is 1.68. The fourth-order valence-electron chi connectivity index (χ4n) is 3.54. The van der Waals surface area contributed by atoms with Crippen molar-refractivity contribution in [3.63, 3.8) is 0 Å². The van der Waals surface area contributed by atoms with E-state index in [0.29, 0.717) is 6.42 Å². The quantitative estimate of drug-likeness (QED) is 0.929. The first-order valence-corrected chi connectivity index (χ1v) is 6.88. The second-order valence-corrected chi connectivity index (χ2v) is 5.51. The summed E-state index contributed by atoms with van der Waals surface area (Å²) < 4.78 is 1.73. The molecule has 1 fully saturated rings. The maximum absolute atomic E-state index is 11.9. The summed E-state index contributed by atoms with van der Waals surface area (Å²) >= 11 is 0. The number of carbonyl (C=O) groups is 1. The zero-order valence-electron chi connectivity index (χ0n) is 11.7. The molecule has 0 bridgehead atoms. The molecule has 0 amide bonds. The lowest BCUT2D eigenvalue weighted by molar-refractivity contribution is -0.143. The van der Waals surface area contributed by atoms with Crippen molar-refractivity contribution < 1.29 is 9.90 Å². The molecule has 0 saturated heterocycles. The molecule has 2 aromatic rings. The third-order valence-electron chi connectivity index (χ3n) is 4.56. The molecule has 1 N–H and O–H groups in total. The Morgan fingerprint density at radius 2 is 1.95 bits per heavy atom. The van der Waals surface area contributed by atoms with Gasteiger partial charge in [0.1, 0.15) is 0 Å². The highest BCUT2D eigenvalue weighted by molar-refractivity contribution is 5.83. The molecule has 0 spiro atoms. The van der Waals surface area contributed by atoms with E-state index in [9.17, 15) is 9.90 Å². The SMILES string of the molecule is CCC1(C(=O)O)C(c2ccccc2)C1c1cnn(C)c1. The molecule has 20 heavy (non-hydrogen) atoms. The molecule has 0 aliphatic heterocycles. The Morgan fingerprint density at radius 1 is 1.30 bits per heavy atom. The van der Waals surface area contributed by atoms with Gasteiger partial charge in [0.15, 0.2) is 0 Å². The highest BCUT2D eigenvalue weighted by Crippen LogP contribution is 2.72. The van der Waals surface area contributed by atoms with Gasteiger partial charge in [-0.1, -0.05) is 37.3 Å². The minimum absolute atomic E-state index is 0.0149. The van der Waals surface area contributed by atoms with E-state index in [1.54, 1.807) is 10.9 Å². The molecule has 1 aromatic heterocycles. The van der Waals surface area contributed by atoms with Gasteiger partial charge in [-0.3, -0.25) is 9.48 Å². The van der Waals surface area contributed by atoms with Crippen LogP contribution in [0.25, 0.3) is 0 Å². The summed E-state index contributed by atoms with van der Waals surface area (Å²) in [5.74, 6) is -0.654. The summed E-state index contributed by atoms with van der Waals surface area (Å²) in [4.78, 5) is 11.9. The van der Waals surface area contributed by atoms with Gasteiger partial charge in [-0.05, 0) is 17.5 Å². The lowest BCUT2D eigenvalue weighted by Gasteiger charge is -2.09. The second kappa shape index (κ2) is 4.47. The molecule has 4 nitrogen and oxygen atoms in total. The van der Waals surface area contributed by atoms with Gasteiger partial charge in [0, 0.05) is 25.1 Å². The second-order valence-electron chi connectivity index (χ2n) is 5.51. The van der Waals surface area contributed by atoms with Crippen LogP contribution in [-0.4, -0.2) is 20.9 Å². The number of rotatable bonds is 4. The average molecular weight is 270 g/mol. The Morgan fingerprint density at radius 3 is 2.45 bits per heavy atom. The largest absolute Gasteiger partial charge is 0.481 e. The van der Waals surface area contributed by atoms with Crippen LogP contribution < -0.4 is 0 Å². The number of hydrogen-bond acceptors (Lipinski definition) is 2. The van der Waals surface area contributed by atoms with Crippen molar-refractivity contribution in [3.05, 3.63) is 53.9 Å². The minimum atomic E-state index is -0.706. The van der Waals surface area contributed by atoms with Crippen molar-refractivity contribution in [1.29, 1.82) is 0 Å². The molecule has 1 heterocycles. The monoisotopic (exact) mass is 270 g/mol. The standard InChI is InChI=1S/C16H18N2O2/c1-3-16(15(19)20)13(11-7-5-4-6-8-11)14(16)12-9-17-18(2)10-12/h4-10,13-14H,3H2,1-2H3,(H,19,20). The summed E-state index contributed by atoms with van der Waals surface area (Å²) in [7, 11) is 1.86. The number of nitrogens with zero attached hydrogens (tertiary/aromatic N) is 2. The molecule has 1 aliphatic rings. The van der Waals surface area contributed by atoms with Crippen molar-refractivity contribution >= 4 is 5.97 Å². The Labute approximate surface area is 118 Å². The summed E-state index contributed by atoms with van der Waals surface area (Å²) in [6, 6.07) is 9.94. The Bertz CT molecular complexity index is 635. The molecule has 3 atom stereocenters. The zero-order chi connectivity index (χ0) is 14.3. The fraction of sp³-hybridized carbons (Fsp3) is 0.375. The first kappa shape index (κ1) is 12.9. The normalized spacial score (nSPS) is 28.3. The van der Waals surface area contributed by atoms with Gasteiger partial charge in [0.25, 0.3) is 0 Å². The van der Waals surface area contributed by atoms with Crippen LogP contribution in [0.3, 0.4) is 0 Å². The van der Waals surface area contributed by atoms with Crippen LogP contribution in [0.2, 0.25) is 0 Å². The first-order valence-electron chi connectivity index (χ1n) is 6.88. The predicted octanol–water partition coefficient (Wildman–Crippen LogP) is 2.78. The maximum Gasteiger partial charge on any atom is 0.310 e. The smallest absolute Gasteiger partial charge is 0.310 e. The van der Waals surface area contributed by atoms with Crippen LogP contribution in [0, 0.1) is 5.41 Å². The molecular weight excluding hydrogens is 252 g/mol. The number of aryl methyl sites for hydroxylation is 1. The molecular formula is C16H18N2O2. The van der Waals surface area contributed by atoms with Gasteiger partial charge in [-0.15, -0.1) is 0 Å². The predicted molar refractivity (Wildman–Crippen MR) is 75.5 cm³/mol. The average Bonchev–Trinajstić information content (AvgIpc) is 2.98. The number of carboxylic acid groups (broad SMARTS) is 1. The first-order chi connectivity index (χ1) is 9.61. The van der Waals surface area contributed by atoms with Crippen molar-refractivity contribution in [2.75, 3.05) is 0 Å². The van der Waals surface area contributed by atoms with Crippen LogP contribution in [0.4, 0.5) is 0 Å². The number of aliphatic carboxylic acids is 1. The Kier molecular flexibility index (Phi) is 2.89. The van der Waals surface area contributed by atoms with E-state index in [0.717, 1.165) is 11.1 Å². The van der Waals surface area contributed by atoms with Crippen molar-refractivity contribution in [2.24, 2.45) is 12.5 Å². The molecule has 1 saturated carbocycles. The van der Waals surface area contributed by atoms with E-state index in [1.165, 1.54) is 0 Å². The molecule has 104 valence electrons. The van der Waals surface area contributed by atoms with E-state index < -0.39 is 11.4 Å². The van der Waals surface area contributed by atoms with Gasteiger partial charge < -0.3 is 5.11 Å². The van der Waals surface area contributed by atoms with Gasteiger partial charge in [0.2, 0.25) is 0 Å². The van der Waals surface area contributed by atoms with Crippen molar-refractivity contribution in [1.82, 2.24) is 9.78 Å². The minimum Gasteiger partial charge on any atom is -0.481 e. The maximum atomic E-state index is 11.9. The van der Waals surface area contributed by atoms with Gasteiger partial charge in [-0.25, -0.2) is 0 Å². The highest BCUT2D eigenvalue weighted by atomic mass is 16.4. The number of benzene rings is 1. The topological polar surface area (TPSA) is 55.1 Å². The summed E-state index contributed by atoms with van der Waals surface area (Å²) in [6.45, 7) is 1.96. The van der Waals surface area contributed by atoms with Crippen molar-refractivity contribution in [2.45, 2.75) is 25.2 Å². The number of aromatic nitrogens is 2. The van der Waals surface area contributed by atoms with E-state index in [4.69, 9.17) is 0 Å². The van der Waals surface area contributed by atoms with E-state index in [1.807, 2.05) is 50.5 Å². The van der Waals surface area contributed by atoms with E-state index >= 15 is 0 Å². The van der Waals surface area contributed by atoms with Crippen LogP contribution in [0.1, 0.15) is 36.3 Å². The molecule has 3 unspecified atom stereocenters. The Balaban J connectivity index is 2.05. The van der Waals surface area contributed by atoms with Gasteiger partial charge >= 0.3 is 5.97 Å². The third-order valence-corrected chi connectivity index (χ3v) is 4.56. The van der Waals surface area contributed by atoms with Crippen LogP contribution in [0.5, 0.6) is 0 Å². The fourth-order valence-corrected chi connectivity index (χ4v) is 3.54. The van der Waals surface area contributed by atoms with Crippen LogP contribution in [-0.2, 0) is 11.8 Å². The molecule has 1 aromatic carbocycles. The molecule has 1 aliphatic carbocycles. The van der Waals surface area contributed by atoms with Gasteiger partial charge in [0.05, 0.1) is 11.6 Å². The number of carboxylic acids is 1. The van der Waals surface area contributed by atoms with Crippen molar-refractivity contribution in [3.8, 4) is 0 Å². The zero-order valence-corrected chi connectivity index (χ0v) is 11.7. The lowest BCUT2D eigenvalue weighted by Crippen LogP contribution is -2.17. The molecule has 0 radical (unpaired) electrons.